The first-order chi connectivity index (χ1) is 20.5. The first kappa shape index (κ1) is 28.2. The second kappa shape index (κ2) is 11.2. The van der Waals surface area contributed by atoms with E-state index in [2.05, 4.69) is 26.0 Å². The second-order valence-corrected chi connectivity index (χ2v) is 9.32. The third-order valence-electron chi connectivity index (χ3n) is 6.45. The van der Waals surface area contributed by atoms with E-state index in [1.807, 2.05) is 0 Å². The highest BCUT2D eigenvalue weighted by Crippen LogP contribution is 2.19. The fourth-order valence-corrected chi connectivity index (χ4v) is 4.16. The maximum atomic E-state index is 13.2. The fourth-order valence-electron chi connectivity index (χ4n) is 4.16. The summed E-state index contributed by atoms with van der Waals surface area (Å²) in [7, 11) is 0. The number of carboxylic acid groups (broad SMARTS) is 1. The van der Waals surface area contributed by atoms with Gasteiger partial charge in [0.05, 0.1) is 11.8 Å². The molecule has 43 heavy (non-hydrogen) atoms. The average molecular weight is 583 g/mol. The summed E-state index contributed by atoms with van der Waals surface area (Å²) in [5.74, 6) is -3.28. The largest absolute Gasteiger partial charge is 0.478 e. The van der Waals surface area contributed by atoms with Crippen LogP contribution in [0.25, 0.3) is 5.65 Å². The van der Waals surface area contributed by atoms with Crippen LogP contribution in [0.3, 0.4) is 0 Å². The van der Waals surface area contributed by atoms with Crippen molar-refractivity contribution >= 4 is 46.4 Å². The number of rotatable bonds is 10. The summed E-state index contributed by atoms with van der Waals surface area (Å²) in [5, 5.41) is 21.2. The SMILES string of the molecule is NC(=O)c1cnn2c(C(=O)NCc3ccc(C(=O)O)cc3)cc(C(=O)NCc3cccc(Nc4c(N)c(=O)c4=O)c3)nc12. The lowest BCUT2D eigenvalue weighted by Crippen LogP contribution is -2.36. The van der Waals surface area contributed by atoms with Gasteiger partial charge in [0.1, 0.15) is 28.3 Å². The quantitative estimate of drug-likeness (QED) is 0.122. The molecule has 0 radical (unpaired) electrons. The smallest absolute Gasteiger partial charge is 0.335 e. The number of fused-ring (bicyclic) bond motifs is 1. The summed E-state index contributed by atoms with van der Waals surface area (Å²) in [5.41, 5.74) is 10.6. The first-order valence-corrected chi connectivity index (χ1v) is 12.6. The van der Waals surface area contributed by atoms with Crippen molar-refractivity contribution in [3.63, 3.8) is 0 Å². The summed E-state index contributed by atoms with van der Waals surface area (Å²) in [6.45, 7) is 0.0408. The van der Waals surface area contributed by atoms with Gasteiger partial charge < -0.3 is 32.5 Å². The molecule has 216 valence electrons. The maximum Gasteiger partial charge on any atom is 0.335 e. The lowest BCUT2D eigenvalue weighted by atomic mass is 10.1. The molecule has 0 aliphatic rings. The Morgan fingerprint density at radius 1 is 0.884 bits per heavy atom. The number of primary amides is 1. The number of benzene rings is 2. The van der Waals surface area contributed by atoms with Crippen LogP contribution in [0, 0.1) is 0 Å². The van der Waals surface area contributed by atoms with Crippen molar-refractivity contribution in [1.29, 1.82) is 0 Å². The summed E-state index contributed by atoms with van der Waals surface area (Å²) in [6.07, 6.45) is 1.13. The Hall–Kier alpha value is -6.38. The van der Waals surface area contributed by atoms with E-state index in [4.69, 9.17) is 16.6 Å². The number of nitrogen functional groups attached to an aromatic ring is 1. The second-order valence-electron chi connectivity index (χ2n) is 9.32. The minimum absolute atomic E-state index is 0.00201. The number of anilines is 3. The molecule has 0 atom stereocenters. The van der Waals surface area contributed by atoms with Gasteiger partial charge >= 0.3 is 5.97 Å². The van der Waals surface area contributed by atoms with E-state index < -0.39 is 34.5 Å². The van der Waals surface area contributed by atoms with E-state index in [0.29, 0.717) is 16.8 Å². The van der Waals surface area contributed by atoms with Crippen LogP contribution >= 0.6 is 0 Å². The predicted molar refractivity (Wildman–Crippen MR) is 153 cm³/mol. The molecular formula is C28H22N8O7. The number of nitrogens with two attached hydrogens (primary N) is 2. The van der Waals surface area contributed by atoms with Gasteiger partial charge in [-0.1, -0.05) is 24.3 Å². The molecule has 0 unspecified atom stereocenters. The number of amides is 3. The Balaban J connectivity index is 1.35. The van der Waals surface area contributed by atoms with Gasteiger partial charge in [0.25, 0.3) is 28.6 Å². The fraction of sp³-hybridized carbons (Fsp3) is 0.0714. The van der Waals surface area contributed by atoms with Gasteiger partial charge in [-0.25, -0.2) is 14.3 Å². The Morgan fingerprint density at radius 3 is 2.26 bits per heavy atom. The van der Waals surface area contributed by atoms with Gasteiger partial charge in [-0.3, -0.25) is 24.0 Å². The number of carboxylic acids is 1. The molecule has 3 amide bonds. The third kappa shape index (κ3) is 5.62. The van der Waals surface area contributed by atoms with Crippen molar-refractivity contribution in [2.45, 2.75) is 13.1 Å². The summed E-state index contributed by atoms with van der Waals surface area (Å²) >= 11 is 0. The van der Waals surface area contributed by atoms with Gasteiger partial charge in [0.2, 0.25) is 0 Å². The standard InChI is InChI=1S/C28H22N8O7/c29-20-21(23(38)22(20)37)34-16-3-1-2-14(8-16)11-31-26(40)18-9-19(36-25(35-18)17(12-33-36)24(30)39)27(41)32-10-13-4-6-15(7-5-13)28(42)43/h1-9,12,34H,10-11,29H2,(H2,30,39)(H,31,40)(H,32,41)(H,42,43). The van der Waals surface area contributed by atoms with Crippen LogP contribution in [-0.4, -0.2) is 43.4 Å². The van der Waals surface area contributed by atoms with Crippen molar-refractivity contribution in [3.05, 3.63) is 115 Å². The molecular weight excluding hydrogens is 560 g/mol. The number of aromatic carboxylic acids is 1. The molecule has 2 heterocycles. The van der Waals surface area contributed by atoms with E-state index in [-0.39, 0.29) is 52.6 Å². The van der Waals surface area contributed by atoms with Crippen LogP contribution in [0.1, 0.15) is 52.8 Å². The molecule has 0 spiro atoms. The Morgan fingerprint density at radius 2 is 1.58 bits per heavy atom. The topological polar surface area (TPSA) is 241 Å². The van der Waals surface area contributed by atoms with Crippen LogP contribution in [0.2, 0.25) is 0 Å². The highest BCUT2D eigenvalue weighted by molar-refractivity contribution is 6.02. The van der Waals surface area contributed by atoms with E-state index in [0.717, 1.165) is 10.7 Å². The van der Waals surface area contributed by atoms with Crippen molar-refractivity contribution < 1.29 is 24.3 Å². The third-order valence-corrected chi connectivity index (χ3v) is 6.45. The summed E-state index contributed by atoms with van der Waals surface area (Å²) in [4.78, 5) is 76.6. The minimum atomic E-state index is -1.08. The van der Waals surface area contributed by atoms with Gasteiger partial charge in [-0.2, -0.15) is 5.10 Å². The number of hydrogen-bond acceptors (Lipinski definition) is 10. The van der Waals surface area contributed by atoms with Crippen LogP contribution in [0.15, 0.2) is 70.4 Å². The number of hydrogen-bond donors (Lipinski definition) is 6. The monoisotopic (exact) mass is 582 g/mol. The molecule has 0 bridgehead atoms. The maximum absolute atomic E-state index is 13.2. The van der Waals surface area contributed by atoms with E-state index in [1.165, 1.54) is 18.2 Å². The molecule has 3 aromatic carbocycles. The highest BCUT2D eigenvalue weighted by atomic mass is 16.4. The zero-order chi connectivity index (χ0) is 30.8. The predicted octanol–water partition coefficient (Wildman–Crippen LogP) is 0.308. The molecule has 15 nitrogen and oxygen atoms in total. The normalized spacial score (nSPS) is 10.9. The number of nitrogens with zero attached hydrogens (tertiary/aromatic N) is 3. The number of nitrogens with one attached hydrogen (secondary N) is 3. The van der Waals surface area contributed by atoms with Gasteiger partial charge in [-0.05, 0) is 35.4 Å². The molecule has 5 aromatic rings. The molecule has 0 saturated heterocycles. The number of carbonyl (C=O) groups excluding carboxylic acids is 3. The summed E-state index contributed by atoms with van der Waals surface area (Å²) in [6, 6.07) is 13.7. The zero-order valence-electron chi connectivity index (χ0n) is 22.1. The van der Waals surface area contributed by atoms with E-state index >= 15 is 0 Å². The minimum Gasteiger partial charge on any atom is -0.478 e. The van der Waals surface area contributed by atoms with Crippen molar-refractivity contribution in [3.8, 4) is 0 Å². The van der Waals surface area contributed by atoms with Crippen LogP contribution in [-0.2, 0) is 13.1 Å². The average Bonchev–Trinajstić information content (AvgIpc) is 3.45. The molecule has 0 saturated carbocycles. The lowest BCUT2D eigenvalue weighted by molar-refractivity contribution is 0.0696. The number of carbonyl (C=O) groups is 4. The molecule has 8 N–H and O–H groups in total. The molecule has 0 fully saturated rings. The molecule has 0 aliphatic carbocycles. The zero-order valence-corrected chi connectivity index (χ0v) is 22.1. The van der Waals surface area contributed by atoms with Gasteiger partial charge in [0, 0.05) is 24.8 Å². The van der Waals surface area contributed by atoms with Gasteiger partial charge in [0.15, 0.2) is 5.65 Å². The van der Waals surface area contributed by atoms with Crippen molar-refractivity contribution in [1.82, 2.24) is 25.2 Å². The van der Waals surface area contributed by atoms with Crippen LogP contribution < -0.4 is 38.3 Å². The number of aromatic nitrogens is 3. The Labute approximate surface area is 240 Å². The van der Waals surface area contributed by atoms with Crippen LogP contribution in [0.4, 0.5) is 17.1 Å². The summed E-state index contributed by atoms with van der Waals surface area (Å²) < 4.78 is 1.09. The van der Waals surface area contributed by atoms with E-state index in [1.54, 1.807) is 36.4 Å². The highest BCUT2D eigenvalue weighted by Gasteiger charge is 2.22. The van der Waals surface area contributed by atoms with Crippen molar-refractivity contribution in [2.24, 2.45) is 5.73 Å². The van der Waals surface area contributed by atoms with E-state index in [9.17, 15) is 28.8 Å². The molecule has 2 aromatic heterocycles. The van der Waals surface area contributed by atoms with Gasteiger partial charge in [-0.15, -0.1) is 0 Å². The lowest BCUT2D eigenvalue weighted by Gasteiger charge is -2.12. The van der Waals surface area contributed by atoms with Crippen LogP contribution in [0.5, 0.6) is 0 Å². The Bertz CT molecular complexity index is 2010. The molecule has 0 aliphatic heterocycles. The molecule has 5 rings (SSSR count). The van der Waals surface area contributed by atoms with Crippen molar-refractivity contribution in [2.75, 3.05) is 11.1 Å². The first-order valence-electron chi connectivity index (χ1n) is 12.6. The molecule has 15 heteroatoms. The Kier molecular flexibility index (Phi) is 7.36.